The van der Waals surface area contributed by atoms with Crippen molar-refractivity contribution in [2.45, 2.75) is 38.8 Å². The second-order valence-corrected chi connectivity index (χ2v) is 8.94. The van der Waals surface area contributed by atoms with Crippen LogP contribution in [-0.4, -0.2) is 59.7 Å². The standard InChI is InChI=1S/C22H29ClN2O3S/c1-3-10-24(13-16(2)26)14-22(27)25-11-8-21-19(9-12-29-21)20(25)15-28-18-6-4-17(23)5-7-18/h4-7,9,12,16,20,26H,3,8,10-11,13-15H2,1-2H3/t16-,20+/m0/s1. The fourth-order valence-electron chi connectivity index (χ4n) is 3.79. The number of nitrogens with zero attached hydrogens (tertiary/aromatic N) is 2. The Bertz CT molecular complexity index is 794. The predicted molar refractivity (Wildman–Crippen MR) is 118 cm³/mol. The minimum absolute atomic E-state index is 0.0839. The van der Waals surface area contributed by atoms with E-state index in [2.05, 4.69) is 18.4 Å². The van der Waals surface area contributed by atoms with E-state index in [1.54, 1.807) is 30.4 Å². The molecule has 0 unspecified atom stereocenters. The van der Waals surface area contributed by atoms with E-state index in [0.717, 1.165) is 25.1 Å². The molecular weight excluding hydrogens is 408 g/mol. The molecule has 1 aliphatic heterocycles. The minimum Gasteiger partial charge on any atom is -0.491 e. The first-order valence-corrected chi connectivity index (χ1v) is 11.4. The largest absolute Gasteiger partial charge is 0.491 e. The third-order valence-electron chi connectivity index (χ3n) is 5.06. The van der Waals surface area contributed by atoms with E-state index in [1.807, 2.05) is 21.9 Å². The maximum absolute atomic E-state index is 13.2. The molecule has 1 aromatic carbocycles. The van der Waals surface area contributed by atoms with E-state index in [4.69, 9.17) is 16.3 Å². The third-order valence-corrected chi connectivity index (χ3v) is 6.31. The van der Waals surface area contributed by atoms with Crippen molar-refractivity contribution in [3.8, 4) is 5.75 Å². The van der Waals surface area contributed by atoms with Crippen molar-refractivity contribution in [3.63, 3.8) is 0 Å². The van der Waals surface area contributed by atoms with Crippen molar-refractivity contribution in [2.24, 2.45) is 0 Å². The molecule has 29 heavy (non-hydrogen) atoms. The van der Waals surface area contributed by atoms with Gasteiger partial charge in [0.15, 0.2) is 0 Å². The Hall–Kier alpha value is -1.60. The van der Waals surface area contributed by atoms with Crippen LogP contribution >= 0.6 is 22.9 Å². The molecule has 3 rings (SSSR count). The molecule has 2 atom stereocenters. The number of benzene rings is 1. The van der Waals surface area contributed by atoms with Gasteiger partial charge in [0.25, 0.3) is 0 Å². The van der Waals surface area contributed by atoms with Crippen molar-refractivity contribution >= 4 is 28.8 Å². The van der Waals surface area contributed by atoms with Gasteiger partial charge in [0.1, 0.15) is 12.4 Å². The fraction of sp³-hybridized carbons (Fsp3) is 0.500. The van der Waals surface area contributed by atoms with Gasteiger partial charge < -0.3 is 14.7 Å². The van der Waals surface area contributed by atoms with Crippen molar-refractivity contribution in [3.05, 3.63) is 51.2 Å². The summed E-state index contributed by atoms with van der Waals surface area (Å²) in [5.41, 5.74) is 1.18. The first kappa shape index (κ1) is 22.1. The summed E-state index contributed by atoms with van der Waals surface area (Å²) in [4.78, 5) is 18.5. The minimum atomic E-state index is -0.455. The molecule has 0 spiro atoms. The van der Waals surface area contributed by atoms with E-state index < -0.39 is 6.10 Å². The summed E-state index contributed by atoms with van der Waals surface area (Å²) in [6.07, 6.45) is 1.36. The van der Waals surface area contributed by atoms with Gasteiger partial charge in [0, 0.05) is 23.0 Å². The summed E-state index contributed by atoms with van der Waals surface area (Å²) in [5, 5.41) is 12.5. The molecule has 5 nitrogen and oxygen atoms in total. The first-order valence-electron chi connectivity index (χ1n) is 10.1. The number of halogens is 1. The Kier molecular flexibility index (Phi) is 7.95. The number of amides is 1. The highest BCUT2D eigenvalue weighted by Gasteiger charge is 2.32. The molecule has 2 aromatic rings. The van der Waals surface area contributed by atoms with Crippen LogP contribution in [0.5, 0.6) is 5.75 Å². The summed E-state index contributed by atoms with van der Waals surface area (Å²) >= 11 is 7.70. The Morgan fingerprint density at radius 2 is 2.14 bits per heavy atom. The number of carbonyl (C=O) groups is 1. The van der Waals surface area contributed by atoms with Gasteiger partial charge in [0.05, 0.1) is 18.7 Å². The molecule has 0 radical (unpaired) electrons. The maximum atomic E-state index is 13.2. The van der Waals surface area contributed by atoms with Crippen LogP contribution in [0.2, 0.25) is 5.02 Å². The average Bonchev–Trinajstić information content (AvgIpc) is 3.16. The fourth-order valence-corrected chi connectivity index (χ4v) is 4.84. The number of aliphatic hydroxyl groups is 1. The molecule has 0 saturated carbocycles. The SMILES string of the molecule is CCCN(CC(=O)N1CCc2sccc2[C@H]1COc1ccc(Cl)cc1)C[C@H](C)O. The highest BCUT2D eigenvalue weighted by Crippen LogP contribution is 2.34. The lowest BCUT2D eigenvalue weighted by molar-refractivity contribution is -0.136. The summed E-state index contributed by atoms with van der Waals surface area (Å²) in [6, 6.07) is 9.29. The first-order chi connectivity index (χ1) is 14.0. The van der Waals surface area contributed by atoms with Crippen LogP contribution in [0.25, 0.3) is 0 Å². The maximum Gasteiger partial charge on any atom is 0.237 e. The topological polar surface area (TPSA) is 53.0 Å². The second-order valence-electron chi connectivity index (χ2n) is 7.50. The number of hydrogen-bond acceptors (Lipinski definition) is 5. The van der Waals surface area contributed by atoms with Crippen molar-refractivity contribution in [1.29, 1.82) is 0 Å². The Balaban J connectivity index is 1.73. The molecule has 1 amide bonds. The quantitative estimate of drug-likeness (QED) is 0.645. The second kappa shape index (κ2) is 10.4. The van der Waals surface area contributed by atoms with Gasteiger partial charge >= 0.3 is 0 Å². The lowest BCUT2D eigenvalue weighted by atomic mass is 10.0. The van der Waals surface area contributed by atoms with Gasteiger partial charge in [-0.05, 0) is 67.6 Å². The van der Waals surface area contributed by atoms with E-state index in [9.17, 15) is 9.90 Å². The zero-order valence-corrected chi connectivity index (χ0v) is 18.6. The molecule has 1 aliphatic rings. The number of fused-ring (bicyclic) bond motifs is 1. The zero-order chi connectivity index (χ0) is 20.8. The van der Waals surface area contributed by atoms with E-state index in [1.165, 1.54) is 10.4 Å². The lowest BCUT2D eigenvalue weighted by Crippen LogP contribution is -2.47. The predicted octanol–water partition coefficient (Wildman–Crippen LogP) is 4.00. The van der Waals surface area contributed by atoms with Crippen LogP contribution in [0.15, 0.2) is 35.7 Å². The van der Waals surface area contributed by atoms with E-state index in [0.29, 0.717) is 31.3 Å². The van der Waals surface area contributed by atoms with Gasteiger partial charge in [-0.15, -0.1) is 11.3 Å². The van der Waals surface area contributed by atoms with Crippen LogP contribution in [0, 0.1) is 0 Å². The van der Waals surface area contributed by atoms with Crippen LogP contribution in [0.3, 0.4) is 0 Å². The van der Waals surface area contributed by atoms with Crippen LogP contribution in [-0.2, 0) is 11.2 Å². The zero-order valence-electron chi connectivity index (χ0n) is 17.0. The molecule has 7 heteroatoms. The number of thiophene rings is 1. The van der Waals surface area contributed by atoms with Crippen molar-refractivity contribution in [2.75, 3.05) is 32.8 Å². The smallest absolute Gasteiger partial charge is 0.237 e. The third kappa shape index (κ3) is 5.95. The van der Waals surface area contributed by atoms with Crippen LogP contribution < -0.4 is 4.74 Å². The molecule has 158 valence electrons. The van der Waals surface area contributed by atoms with Crippen molar-refractivity contribution < 1.29 is 14.6 Å². The van der Waals surface area contributed by atoms with Gasteiger partial charge in [-0.25, -0.2) is 0 Å². The molecule has 0 aliphatic carbocycles. The van der Waals surface area contributed by atoms with Crippen molar-refractivity contribution in [1.82, 2.24) is 9.80 Å². The Labute approximate surface area is 181 Å². The summed E-state index contributed by atoms with van der Waals surface area (Å²) in [7, 11) is 0. The number of carbonyl (C=O) groups excluding carboxylic acids is 1. The molecule has 0 fully saturated rings. The summed E-state index contributed by atoms with van der Waals surface area (Å²) < 4.78 is 6.02. The number of aliphatic hydroxyl groups excluding tert-OH is 1. The Morgan fingerprint density at radius 3 is 2.83 bits per heavy atom. The van der Waals surface area contributed by atoms with E-state index >= 15 is 0 Å². The molecule has 1 N–H and O–H groups in total. The average molecular weight is 437 g/mol. The van der Waals surface area contributed by atoms with Crippen LogP contribution in [0.4, 0.5) is 0 Å². The molecule has 2 heterocycles. The lowest BCUT2D eigenvalue weighted by Gasteiger charge is -2.37. The molecule has 0 saturated heterocycles. The Morgan fingerprint density at radius 1 is 1.38 bits per heavy atom. The van der Waals surface area contributed by atoms with Gasteiger partial charge in [-0.3, -0.25) is 9.69 Å². The summed E-state index contributed by atoms with van der Waals surface area (Å²) in [6.45, 7) is 6.55. The number of ether oxygens (including phenoxy) is 1. The summed E-state index contributed by atoms with van der Waals surface area (Å²) in [5.74, 6) is 0.825. The highest BCUT2D eigenvalue weighted by atomic mass is 35.5. The molecular formula is C22H29ClN2O3S. The monoisotopic (exact) mass is 436 g/mol. The van der Waals surface area contributed by atoms with Gasteiger partial charge in [0.2, 0.25) is 5.91 Å². The molecule has 1 aromatic heterocycles. The van der Waals surface area contributed by atoms with E-state index in [-0.39, 0.29) is 11.9 Å². The van der Waals surface area contributed by atoms with Gasteiger partial charge in [-0.1, -0.05) is 18.5 Å². The number of rotatable bonds is 9. The number of hydrogen-bond donors (Lipinski definition) is 1. The van der Waals surface area contributed by atoms with Crippen LogP contribution in [0.1, 0.15) is 36.8 Å². The highest BCUT2D eigenvalue weighted by molar-refractivity contribution is 7.10. The normalized spacial score (nSPS) is 17.3. The molecule has 0 bridgehead atoms. The van der Waals surface area contributed by atoms with Gasteiger partial charge in [-0.2, -0.15) is 0 Å².